The molecule has 1 aromatic heterocycles. The van der Waals surface area contributed by atoms with Crippen LogP contribution in [0, 0.1) is 0 Å². The predicted molar refractivity (Wildman–Crippen MR) is 89.3 cm³/mol. The van der Waals surface area contributed by atoms with Crippen molar-refractivity contribution in [2.75, 3.05) is 18.0 Å². The molecule has 0 amide bonds. The lowest BCUT2D eigenvalue weighted by Gasteiger charge is -2.24. The van der Waals surface area contributed by atoms with E-state index in [2.05, 4.69) is 9.88 Å². The van der Waals surface area contributed by atoms with Crippen LogP contribution in [0.3, 0.4) is 0 Å². The van der Waals surface area contributed by atoms with Crippen molar-refractivity contribution in [2.45, 2.75) is 39.2 Å². The van der Waals surface area contributed by atoms with Crippen molar-refractivity contribution in [3.8, 4) is 0 Å². The highest BCUT2D eigenvalue weighted by Gasteiger charge is 2.18. The highest BCUT2D eigenvalue weighted by Crippen LogP contribution is 2.20. The summed E-state index contributed by atoms with van der Waals surface area (Å²) in [6.45, 7) is 4.25. The van der Waals surface area contributed by atoms with Gasteiger partial charge in [-0.1, -0.05) is 12.8 Å². The fourth-order valence-electron chi connectivity index (χ4n) is 3.14. The summed E-state index contributed by atoms with van der Waals surface area (Å²) in [4.78, 5) is 30.7. The van der Waals surface area contributed by atoms with Crippen molar-refractivity contribution in [3.05, 3.63) is 34.1 Å². The van der Waals surface area contributed by atoms with Gasteiger partial charge in [-0.25, -0.2) is 9.78 Å². The average Bonchev–Trinajstić information content (AvgIpc) is 2.83. The molecule has 2 aromatic rings. The fourth-order valence-corrected chi connectivity index (χ4v) is 3.14. The molecule has 1 N–H and O–H groups in total. The van der Waals surface area contributed by atoms with E-state index >= 15 is 0 Å². The largest absolute Gasteiger partial charge is 0.478 e. The van der Waals surface area contributed by atoms with Gasteiger partial charge in [0.2, 0.25) is 5.95 Å². The molecule has 6 heteroatoms. The van der Waals surface area contributed by atoms with Gasteiger partial charge in [-0.2, -0.15) is 0 Å². The maximum absolute atomic E-state index is 12.7. The molecule has 0 aliphatic carbocycles. The first-order valence-corrected chi connectivity index (χ1v) is 8.14. The third-order valence-electron chi connectivity index (χ3n) is 4.39. The molecule has 1 saturated heterocycles. The summed E-state index contributed by atoms with van der Waals surface area (Å²) in [5.41, 5.74) is 0.507. The van der Waals surface area contributed by atoms with Gasteiger partial charge in [0, 0.05) is 19.6 Å². The van der Waals surface area contributed by atoms with Crippen molar-refractivity contribution in [1.29, 1.82) is 0 Å². The maximum Gasteiger partial charge on any atom is 0.335 e. The molecular weight excluding hydrogens is 294 g/mol. The number of hydrogen-bond donors (Lipinski definition) is 1. The average molecular weight is 315 g/mol. The van der Waals surface area contributed by atoms with E-state index in [0.29, 0.717) is 23.4 Å². The zero-order valence-corrected chi connectivity index (χ0v) is 13.3. The van der Waals surface area contributed by atoms with Crippen LogP contribution in [0.1, 0.15) is 43.0 Å². The molecule has 6 nitrogen and oxygen atoms in total. The van der Waals surface area contributed by atoms with E-state index < -0.39 is 5.97 Å². The van der Waals surface area contributed by atoms with E-state index in [0.717, 1.165) is 25.9 Å². The van der Waals surface area contributed by atoms with Crippen LogP contribution < -0.4 is 10.5 Å². The van der Waals surface area contributed by atoms with Crippen LogP contribution >= 0.6 is 0 Å². The number of carboxylic acids is 1. The number of hydrogen-bond acceptors (Lipinski definition) is 4. The lowest BCUT2D eigenvalue weighted by Crippen LogP contribution is -2.33. The van der Waals surface area contributed by atoms with Crippen molar-refractivity contribution >= 4 is 22.8 Å². The van der Waals surface area contributed by atoms with Crippen molar-refractivity contribution in [3.63, 3.8) is 0 Å². The van der Waals surface area contributed by atoms with Crippen LogP contribution in [0.2, 0.25) is 0 Å². The van der Waals surface area contributed by atoms with Crippen LogP contribution in [0.15, 0.2) is 23.0 Å². The van der Waals surface area contributed by atoms with Crippen molar-refractivity contribution in [1.82, 2.24) is 9.55 Å². The monoisotopic (exact) mass is 315 g/mol. The summed E-state index contributed by atoms with van der Waals surface area (Å²) >= 11 is 0. The van der Waals surface area contributed by atoms with Gasteiger partial charge in [-0.15, -0.1) is 0 Å². The lowest BCUT2D eigenvalue weighted by molar-refractivity contribution is 0.0697. The molecule has 1 fully saturated rings. The molecule has 0 saturated carbocycles. The summed E-state index contributed by atoms with van der Waals surface area (Å²) < 4.78 is 1.69. The number of rotatable bonds is 3. The lowest BCUT2D eigenvalue weighted by atomic mass is 10.1. The minimum atomic E-state index is -1.01. The van der Waals surface area contributed by atoms with Gasteiger partial charge in [0.1, 0.15) is 0 Å². The van der Waals surface area contributed by atoms with Crippen LogP contribution in [0.5, 0.6) is 0 Å². The number of carboxylic acid groups (broad SMARTS) is 1. The predicted octanol–water partition coefficient (Wildman–Crippen LogP) is 2.50. The van der Waals surface area contributed by atoms with Gasteiger partial charge in [0.05, 0.1) is 16.5 Å². The summed E-state index contributed by atoms with van der Waals surface area (Å²) in [5.74, 6) is -0.348. The molecular formula is C17H21N3O3. The van der Waals surface area contributed by atoms with E-state index in [9.17, 15) is 9.59 Å². The molecule has 0 unspecified atom stereocenters. The molecule has 122 valence electrons. The quantitative estimate of drug-likeness (QED) is 0.942. The third-order valence-corrected chi connectivity index (χ3v) is 4.39. The van der Waals surface area contributed by atoms with E-state index in [4.69, 9.17) is 5.11 Å². The molecule has 1 aliphatic heterocycles. The molecule has 0 atom stereocenters. The van der Waals surface area contributed by atoms with Gasteiger partial charge >= 0.3 is 5.97 Å². The molecule has 2 heterocycles. The Morgan fingerprint density at radius 3 is 2.52 bits per heavy atom. The van der Waals surface area contributed by atoms with Gasteiger partial charge in [-0.3, -0.25) is 9.36 Å². The van der Waals surface area contributed by atoms with Crippen LogP contribution in [-0.4, -0.2) is 33.7 Å². The molecule has 0 bridgehead atoms. The normalized spacial score (nSPS) is 15.6. The minimum Gasteiger partial charge on any atom is -0.478 e. The van der Waals surface area contributed by atoms with Crippen LogP contribution in [-0.2, 0) is 6.54 Å². The number of aromatic nitrogens is 2. The van der Waals surface area contributed by atoms with Gasteiger partial charge in [-0.05, 0) is 38.0 Å². The molecule has 0 spiro atoms. The third kappa shape index (κ3) is 2.93. The molecule has 3 rings (SSSR count). The smallest absolute Gasteiger partial charge is 0.335 e. The Morgan fingerprint density at radius 2 is 1.91 bits per heavy atom. The Bertz CT molecular complexity index is 790. The standard InChI is InChI=1S/C17H21N3O3/c1-2-20-15(21)13-8-7-12(16(22)23)11-14(13)18-17(20)19-9-5-3-4-6-10-19/h7-8,11H,2-6,9-10H2,1H3,(H,22,23). The highest BCUT2D eigenvalue weighted by molar-refractivity contribution is 5.93. The van der Waals surface area contributed by atoms with Gasteiger partial charge < -0.3 is 10.0 Å². The number of anilines is 1. The Balaban J connectivity index is 2.18. The van der Waals surface area contributed by atoms with E-state index in [-0.39, 0.29) is 11.1 Å². The minimum absolute atomic E-state index is 0.103. The van der Waals surface area contributed by atoms with Crippen molar-refractivity contribution in [2.24, 2.45) is 0 Å². The fraction of sp³-hybridized carbons (Fsp3) is 0.471. The zero-order valence-electron chi connectivity index (χ0n) is 13.3. The number of fused-ring (bicyclic) bond motifs is 1. The van der Waals surface area contributed by atoms with E-state index in [1.807, 2.05) is 6.92 Å². The van der Waals surface area contributed by atoms with Crippen molar-refractivity contribution < 1.29 is 9.90 Å². The Labute approximate surface area is 134 Å². The topological polar surface area (TPSA) is 75.4 Å². The van der Waals surface area contributed by atoms with Crippen LogP contribution in [0.25, 0.3) is 10.9 Å². The number of carbonyl (C=O) groups is 1. The van der Waals surface area contributed by atoms with E-state index in [1.165, 1.54) is 25.0 Å². The Morgan fingerprint density at radius 1 is 1.22 bits per heavy atom. The first kappa shape index (κ1) is 15.5. The molecule has 0 radical (unpaired) electrons. The number of nitrogens with zero attached hydrogens (tertiary/aromatic N) is 3. The first-order valence-electron chi connectivity index (χ1n) is 8.14. The maximum atomic E-state index is 12.7. The molecule has 1 aliphatic rings. The first-order chi connectivity index (χ1) is 11.1. The second-order valence-electron chi connectivity index (χ2n) is 5.90. The number of benzene rings is 1. The number of aromatic carboxylic acids is 1. The summed E-state index contributed by atoms with van der Waals surface area (Å²) in [7, 11) is 0. The van der Waals surface area contributed by atoms with E-state index in [1.54, 1.807) is 10.6 Å². The zero-order chi connectivity index (χ0) is 16.4. The van der Waals surface area contributed by atoms with Gasteiger partial charge in [0.25, 0.3) is 5.56 Å². The van der Waals surface area contributed by atoms with Gasteiger partial charge in [0.15, 0.2) is 0 Å². The second kappa shape index (κ2) is 6.40. The Hall–Kier alpha value is -2.37. The Kier molecular flexibility index (Phi) is 4.32. The summed E-state index contributed by atoms with van der Waals surface area (Å²) in [6.07, 6.45) is 4.58. The highest BCUT2D eigenvalue weighted by atomic mass is 16.4. The summed E-state index contributed by atoms with van der Waals surface area (Å²) in [6, 6.07) is 4.51. The summed E-state index contributed by atoms with van der Waals surface area (Å²) in [5, 5.41) is 9.62. The SMILES string of the molecule is CCn1c(N2CCCCCC2)nc2cc(C(=O)O)ccc2c1=O. The second-order valence-corrected chi connectivity index (χ2v) is 5.90. The molecule has 23 heavy (non-hydrogen) atoms. The molecule has 1 aromatic carbocycles. The van der Waals surface area contributed by atoms with Crippen LogP contribution in [0.4, 0.5) is 5.95 Å².